The summed E-state index contributed by atoms with van der Waals surface area (Å²) in [4.78, 5) is 11.0. The molecule has 0 aliphatic carbocycles. The van der Waals surface area contributed by atoms with Gasteiger partial charge in [0, 0.05) is 7.05 Å². The molecule has 0 aliphatic heterocycles. The Morgan fingerprint density at radius 3 is 2.31 bits per heavy atom. The summed E-state index contributed by atoms with van der Waals surface area (Å²) in [7, 11) is 1.03. The predicted molar refractivity (Wildman–Crippen MR) is 47.8 cm³/mol. The molecule has 16 heavy (non-hydrogen) atoms. The van der Waals surface area contributed by atoms with E-state index in [4.69, 9.17) is 5.11 Å². The molecule has 0 fully saturated rings. The maximum absolute atomic E-state index is 12.9. The van der Waals surface area contributed by atoms with E-state index in [0.29, 0.717) is 23.1 Å². The van der Waals surface area contributed by atoms with E-state index in [1.807, 2.05) is 0 Å². The normalized spacial score (nSPS) is 11.3. The molecular formula is C9H7F4NO2. The molecule has 1 aromatic carbocycles. The van der Waals surface area contributed by atoms with E-state index in [1.165, 1.54) is 0 Å². The second kappa shape index (κ2) is 3.99. The summed E-state index contributed by atoms with van der Waals surface area (Å²) in [5.74, 6) is -1.14. The van der Waals surface area contributed by atoms with Crippen molar-refractivity contribution in [2.24, 2.45) is 0 Å². The molecule has 0 unspecified atom stereocenters. The summed E-state index contributed by atoms with van der Waals surface area (Å²) in [5.41, 5.74) is -1.60. The van der Waals surface area contributed by atoms with E-state index < -0.39 is 23.7 Å². The molecule has 1 aromatic rings. The Morgan fingerprint density at radius 2 is 1.88 bits per heavy atom. The van der Waals surface area contributed by atoms with E-state index >= 15 is 0 Å². The van der Waals surface area contributed by atoms with E-state index in [2.05, 4.69) is 0 Å². The average Bonchev–Trinajstić information content (AvgIpc) is 2.14. The molecule has 88 valence electrons. The zero-order chi connectivity index (χ0) is 12.5. The van der Waals surface area contributed by atoms with Crippen LogP contribution < -0.4 is 4.90 Å². The van der Waals surface area contributed by atoms with Gasteiger partial charge in [-0.1, -0.05) is 0 Å². The van der Waals surface area contributed by atoms with Crippen LogP contribution in [0.25, 0.3) is 0 Å². The minimum Gasteiger partial charge on any atom is -0.465 e. The first-order chi connectivity index (χ1) is 7.21. The van der Waals surface area contributed by atoms with Crippen molar-refractivity contribution in [2.75, 3.05) is 11.9 Å². The van der Waals surface area contributed by atoms with Crippen molar-refractivity contribution in [3.8, 4) is 0 Å². The summed E-state index contributed by atoms with van der Waals surface area (Å²) in [6.45, 7) is 0. The molecule has 1 N–H and O–H groups in total. The summed E-state index contributed by atoms with van der Waals surface area (Å²) < 4.78 is 49.7. The van der Waals surface area contributed by atoms with E-state index in [-0.39, 0.29) is 5.69 Å². The Labute approximate surface area is 87.9 Å². The van der Waals surface area contributed by atoms with Crippen LogP contribution in [0.1, 0.15) is 5.56 Å². The topological polar surface area (TPSA) is 40.5 Å². The third kappa shape index (κ3) is 2.62. The number of carboxylic acid groups (broad SMARTS) is 1. The number of carbonyl (C=O) groups is 1. The molecule has 0 aromatic heterocycles. The van der Waals surface area contributed by atoms with E-state index in [0.717, 1.165) is 7.05 Å². The molecule has 0 spiro atoms. The third-order valence-electron chi connectivity index (χ3n) is 1.88. The highest BCUT2D eigenvalue weighted by Crippen LogP contribution is 2.32. The highest BCUT2D eigenvalue weighted by atomic mass is 19.4. The van der Waals surface area contributed by atoms with Crippen molar-refractivity contribution in [2.45, 2.75) is 6.18 Å². The fourth-order valence-electron chi connectivity index (χ4n) is 1.04. The van der Waals surface area contributed by atoms with Crippen LogP contribution in [0.4, 0.5) is 28.0 Å². The van der Waals surface area contributed by atoms with Crippen LogP contribution in [0.2, 0.25) is 0 Å². The van der Waals surface area contributed by atoms with Gasteiger partial charge in [-0.3, -0.25) is 4.90 Å². The number of amides is 1. The van der Waals surface area contributed by atoms with Crippen molar-refractivity contribution in [1.29, 1.82) is 0 Å². The molecule has 1 rings (SSSR count). The lowest BCUT2D eigenvalue weighted by Crippen LogP contribution is -2.24. The first-order valence-corrected chi connectivity index (χ1v) is 4.06. The van der Waals surface area contributed by atoms with Crippen LogP contribution in [0, 0.1) is 5.82 Å². The zero-order valence-electron chi connectivity index (χ0n) is 8.05. The lowest BCUT2D eigenvalue weighted by atomic mass is 10.2. The van der Waals surface area contributed by atoms with Crippen LogP contribution in [0.3, 0.4) is 0 Å². The predicted octanol–water partition coefficient (Wildman–Crippen LogP) is 2.96. The van der Waals surface area contributed by atoms with Crippen molar-refractivity contribution in [3.05, 3.63) is 29.6 Å². The molecule has 0 radical (unpaired) electrons. The molecule has 0 saturated heterocycles. The molecule has 0 bridgehead atoms. The van der Waals surface area contributed by atoms with Gasteiger partial charge < -0.3 is 5.11 Å². The number of benzene rings is 1. The number of anilines is 1. The molecule has 3 nitrogen and oxygen atoms in total. The van der Waals surface area contributed by atoms with Gasteiger partial charge in [0.25, 0.3) is 0 Å². The Morgan fingerprint density at radius 1 is 1.31 bits per heavy atom. The van der Waals surface area contributed by atoms with E-state index in [1.54, 1.807) is 0 Å². The Balaban J connectivity index is 3.23. The van der Waals surface area contributed by atoms with Crippen molar-refractivity contribution < 1.29 is 27.5 Å². The summed E-state index contributed by atoms with van der Waals surface area (Å²) in [6, 6.07) is 1.58. The maximum Gasteiger partial charge on any atom is 0.416 e. The Kier molecular flexibility index (Phi) is 3.06. The molecule has 0 heterocycles. The summed E-state index contributed by atoms with van der Waals surface area (Å²) >= 11 is 0. The van der Waals surface area contributed by atoms with Gasteiger partial charge in [-0.25, -0.2) is 9.18 Å². The third-order valence-corrected chi connectivity index (χ3v) is 1.88. The smallest absolute Gasteiger partial charge is 0.416 e. The summed E-state index contributed by atoms with van der Waals surface area (Å²) in [5, 5.41) is 8.54. The molecule has 0 aliphatic rings. The van der Waals surface area contributed by atoms with Crippen LogP contribution in [-0.4, -0.2) is 18.2 Å². The van der Waals surface area contributed by atoms with Crippen molar-refractivity contribution >= 4 is 11.8 Å². The van der Waals surface area contributed by atoms with E-state index in [9.17, 15) is 22.4 Å². The SMILES string of the molecule is CN(C(=O)O)c1cc(F)cc(C(F)(F)F)c1. The number of alkyl halides is 3. The quantitative estimate of drug-likeness (QED) is 0.763. The molecule has 1 amide bonds. The number of halogens is 4. The number of hydrogen-bond acceptors (Lipinski definition) is 1. The van der Waals surface area contributed by atoms with Gasteiger partial charge in [-0.2, -0.15) is 13.2 Å². The van der Waals surface area contributed by atoms with Gasteiger partial charge in [0.15, 0.2) is 0 Å². The lowest BCUT2D eigenvalue weighted by Gasteiger charge is -2.15. The highest BCUT2D eigenvalue weighted by molar-refractivity contribution is 5.85. The van der Waals surface area contributed by atoms with Crippen molar-refractivity contribution in [3.63, 3.8) is 0 Å². The number of rotatable bonds is 1. The maximum atomic E-state index is 12.9. The van der Waals surface area contributed by atoms with Gasteiger partial charge >= 0.3 is 12.3 Å². The van der Waals surface area contributed by atoms with Gasteiger partial charge in [0.1, 0.15) is 5.82 Å². The van der Waals surface area contributed by atoms with Gasteiger partial charge in [0.05, 0.1) is 11.3 Å². The Hall–Kier alpha value is -1.79. The lowest BCUT2D eigenvalue weighted by molar-refractivity contribution is -0.137. The zero-order valence-corrected chi connectivity index (χ0v) is 8.05. The highest BCUT2D eigenvalue weighted by Gasteiger charge is 2.32. The van der Waals surface area contributed by atoms with Crippen LogP contribution in [-0.2, 0) is 6.18 Å². The first kappa shape index (κ1) is 12.3. The Bertz CT molecular complexity index is 416. The molecular weight excluding hydrogens is 230 g/mol. The largest absolute Gasteiger partial charge is 0.465 e. The van der Waals surface area contributed by atoms with Crippen LogP contribution in [0.5, 0.6) is 0 Å². The van der Waals surface area contributed by atoms with Crippen molar-refractivity contribution in [1.82, 2.24) is 0 Å². The fraction of sp³-hybridized carbons (Fsp3) is 0.222. The monoisotopic (exact) mass is 237 g/mol. The minimum atomic E-state index is -4.71. The molecule has 0 atom stereocenters. The van der Waals surface area contributed by atoms with Crippen LogP contribution in [0.15, 0.2) is 18.2 Å². The van der Waals surface area contributed by atoms with Gasteiger partial charge in [0.2, 0.25) is 0 Å². The van der Waals surface area contributed by atoms with Gasteiger partial charge in [-0.15, -0.1) is 0 Å². The second-order valence-corrected chi connectivity index (χ2v) is 3.04. The first-order valence-electron chi connectivity index (χ1n) is 4.06. The molecule has 0 saturated carbocycles. The minimum absolute atomic E-state index is 0.305. The number of nitrogens with zero attached hydrogens (tertiary/aromatic N) is 1. The average molecular weight is 237 g/mol. The van der Waals surface area contributed by atoms with Gasteiger partial charge in [-0.05, 0) is 18.2 Å². The second-order valence-electron chi connectivity index (χ2n) is 3.04. The summed E-state index contributed by atoms with van der Waals surface area (Å²) in [6.07, 6.45) is -6.19. The van der Waals surface area contributed by atoms with Crippen LogP contribution >= 0.6 is 0 Å². The number of hydrogen-bond donors (Lipinski definition) is 1. The molecule has 7 heteroatoms. The standard InChI is InChI=1S/C9H7F4NO2/c1-14(8(15)16)7-3-5(9(11,12)13)2-6(10)4-7/h2-4H,1H3,(H,15,16). The fourth-order valence-corrected chi connectivity index (χ4v) is 1.04.